The van der Waals surface area contributed by atoms with Crippen LogP contribution in [-0.4, -0.2) is 26.3 Å². The molecular formula is C32H30ClF2N5O. The molecule has 0 aliphatic carbocycles. The summed E-state index contributed by atoms with van der Waals surface area (Å²) in [5.74, 6) is -1.36. The normalized spacial score (nSPS) is 11.8. The molecule has 0 bridgehead atoms. The van der Waals surface area contributed by atoms with Crippen LogP contribution in [0.5, 0.6) is 0 Å². The van der Waals surface area contributed by atoms with Gasteiger partial charge < -0.3 is 20.0 Å². The van der Waals surface area contributed by atoms with Gasteiger partial charge >= 0.3 is 0 Å². The lowest BCUT2D eigenvalue weighted by molar-refractivity contribution is 0.103. The molecular weight excluding hydrogens is 544 g/mol. The van der Waals surface area contributed by atoms with E-state index in [9.17, 15) is 13.6 Å². The number of carbonyl (C=O) groups is 1. The number of rotatable bonds is 8. The van der Waals surface area contributed by atoms with Crippen LogP contribution < -0.4 is 11.1 Å². The topological polar surface area (TPSA) is 77.3 Å². The zero-order chi connectivity index (χ0) is 29.6. The van der Waals surface area contributed by atoms with E-state index >= 15 is 0 Å². The number of aryl methyl sites for hydroxylation is 2. The maximum atomic E-state index is 14.9. The van der Waals surface area contributed by atoms with Gasteiger partial charge in [0.05, 0.1) is 21.7 Å². The van der Waals surface area contributed by atoms with Crippen molar-refractivity contribution in [2.45, 2.75) is 26.7 Å². The molecule has 0 spiro atoms. The third-order valence-corrected chi connectivity index (χ3v) is 7.60. The van der Waals surface area contributed by atoms with E-state index in [-0.39, 0.29) is 29.4 Å². The van der Waals surface area contributed by atoms with Gasteiger partial charge in [0, 0.05) is 42.2 Å². The van der Waals surface area contributed by atoms with Gasteiger partial charge in [-0.3, -0.25) is 4.79 Å². The second-order valence-electron chi connectivity index (χ2n) is 10.2. The number of pyridine rings is 1. The number of aromatic nitrogens is 3. The summed E-state index contributed by atoms with van der Waals surface area (Å²) in [6.07, 6.45) is 4.86. The van der Waals surface area contributed by atoms with E-state index in [2.05, 4.69) is 36.8 Å². The Hall–Kier alpha value is -4.27. The van der Waals surface area contributed by atoms with E-state index in [4.69, 9.17) is 17.3 Å². The number of nitrogens with two attached hydrogens (primary N) is 1. The Morgan fingerprint density at radius 1 is 1.17 bits per heavy atom. The highest BCUT2D eigenvalue weighted by molar-refractivity contribution is 6.38. The smallest absolute Gasteiger partial charge is 0.209 e. The van der Waals surface area contributed by atoms with E-state index < -0.39 is 23.1 Å². The van der Waals surface area contributed by atoms with E-state index in [1.165, 1.54) is 6.08 Å². The Kier molecular flexibility index (Phi) is 7.55. The quantitative estimate of drug-likeness (QED) is 0.149. The number of ketones is 1. The minimum Gasteiger partial charge on any atom is -0.351 e. The number of imidazole rings is 1. The number of halogens is 3. The van der Waals surface area contributed by atoms with Gasteiger partial charge in [-0.05, 0) is 60.9 Å². The summed E-state index contributed by atoms with van der Waals surface area (Å²) in [4.78, 5) is 18.2. The molecule has 0 amide bonds. The van der Waals surface area contributed by atoms with Gasteiger partial charge in [0.25, 0.3) is 0 Å². The van der Waals surface area contributed by atoms with Gasteiger partial charge in [0.2, 0.25) is 5.78 Å². The minimum atomic E-state index is -0.912. The third-order valence-electron chi connectivity index (χ3n) is 7.23. The summed E-state index contributed by atoms with van der Waals surface area (Å²) in [5, 5.41) is 3.12. The Labute approximate surface area is 241 Å². The van der Waals surface area contributed by atoms with Crippen LogP contribution in [-0.2, 0) is 7.05 Å². The lowest BCUT2D eigenvalue weighted by atomic mass is 9.91. The number of nitrogens with one attached hydrogen (secondary N) is 1. The number of benzene rings is 2. The molecule has 0 atom stereocenters. The predicted octanol–water partition coefficient (Wildman–Crippen LogP) is 7.53. The summed E-state index contributed by atoms with van der Waals surface area (Å²) >= 11 is 7.03. The monoisotopic (exact) mass is 573 g/mol. The number of allylic oxidation sites excluding steroid dienone is 1. The number of hydrogen-bond donors (Lipinski definition) is 2. The lowest BCUT2D eigenvalue weighted by Crippen LogP contribution is -2.09. The molecule has 0 fully saturated rings. The largest absolute Gasteiger partial charge is 0.351 e. The standard InChI is InChI=1S/C32H30ClF2N5O/c1-17(2)22-16-27-31(38-19(4)39(27)5)29(33)28(22)21-9-7-13-40-25(21)10-11-26(40)32(41)20-14-23(34)30(24(35)15-20)37-18(3)8-6-12-36/h6-11,13-17,37H,3,12,36H2,1-2,4-5H3/b8-6+. The molecule has 6 nitrogen and oxygen atoms in total. The fourth-order valence-electron chi connectivity index (χ4n) is 5.07. The van der Waals surface area contributed by atoms with Crippen molar-refractivity contribution in [2.24, 2.45) is 12.8 Å². The lowest BCUT2D eigenvalue weighted by Gasteiger charge is -2.17. The first kappa shape index (κ1) is 28.3. The Balaban J connectivity index is 1.60. The second-order valence-corrected chi connectivity index (χ2v) is 10.6. The first-order valence-electron chi connectivity index (χ1n) is 13.2. The van der Waals surface area contributed by atoms with Crippen LogP contribution in [0.25, 0.3) is 27.7 Å². The highest BCUT2D eigenvalue weighted by Crippen LogP contribution is 2.42. The molecule has 0 aliphatic rings. The average Bonchev–Trinajstić information content (AvgIpc) is 3.50. The molecule has 9 heteroatoms. The molecule has 5 rings (SSSR count). The molecule has 3 aromatic heterocycles. The maximum Gasteiger partial charge on any atom is 0.209 e. The van der Waals surface area contributed by atoms with E-state index in [1.807, 2.05) is 36.7 Å². The molecule has 5 aromatic rings. The van der Waals surface area contributed by atoms with E-state index in [0.29, 0.717) is 10.5 Å². The van der Waals surface area contributed by atoms with Crippen molar-refractivity contribution in [3.8, 4) is 11.1 Å². The van der Waals surface area contributed by atoms with Gasteiger partial charge in [0.1, 0.15) is 28.7 Å². The van der Waals surface area contributed by atoms with Crippen molar-refractivity contribution in [3.05, 3.63) is 112 Å². The van der Waals surface area contributed by atoms with Crippen LogP contribution in [0.3, 0.4) is 0 Å². The zero-order valence-electron chi connectivity index (χ0n) is 23.2. The Bertz CT molecular complexity index is 1860. The van der Waals surface area contributed by atoms with Gasteiger partial charge in [-0.2, -0.15) is 0 Å². The van der Waals surface area contributed by atoms with Crippen molar-refractivity contribution in [1.82, 2.24) is 14.0 Å². The van der Waals surface area contributed by atoms with Crippen molar-refractivity contribution >= 4 is 39.6 Å². The number of hydrogen-bond acceptors (Lipinski definition) is 4. The molecule has 3 heterocycles. The summed E-state index contributed by atoms with van der Waals surface area (Å²) < 4.78 is 33.6. The van der Waals surface area contributed by atoms with Crippen LogP contribution in [0, 0.1) is 18.6 Å². The first-order chi connectivity index (χ1) is 19.5. The van der Waals surface area contributed by atoms with Crippen LogP contribution in [0.15, 0.2) is 73.1 Å². The molecule has 0 radical (unpaired) electrons. The summed E-state index contributed by atoms with van der Waals surface area (Å²) in [7, 11) is 1.96. The molecule has 41 heavy (non-hydrogen) atoms. The maximum absolute atomic E-state index is 14.9. The molecule has 2 aromatic carbocycles. The summed E-state index contributed by atoms with van der Waals surface area (Å²) in [6, 6.07) is 11.4. The minimum absolute atomic E-state index is 0.120. The van der Waals surface area contributed by atoms with Gasteiger partial charge in [-0.1, -0.05) is 44.2 Å². The molecule has 0 saturated carbocycles. The Morgan fingerprint density at radius 2 is 1.88 bits per heavy atom. The van der Waals surface area contributed by atoms with Crippen molar-refractivity contribution in [1.29, 1.82) is 0 Å². The summed E-state index contributed by atoms with van der Waals surface area (Å²) in [5.41, 5.74) is 10.5. The fraction of sp³-hybridized carbons (Fsp3) is 0.188. The van der Waals surface area contributed by atoms with Crippen LogP contribution in [0.4, 0.5) is 14.5 Å². The number of fused-ring (bicyclic) bond motifs is 2. The van der Waals surface area contributed by atoms with E-state index in [0.717, 1.165) is 45.7 Å². The average molecular weight is 574 g/mol. The zero-order valence-corrected chi connectivity index (χ0v) is 24.0. The highest BCUT2D eigenvalue weighted by atomic mass is 35.5. The van der Waals surface area contributed by atoms with Gasteiger partial charge in [0.15, 0.2) is 0 Å². The van der Waals surface area contributed by atoms with Crippen molar-refractivity contribution in [3.63, 3.8) is 0 Å². The Morgan fingerprint density at radius 3 is 2.54 bits per heavy atom. The molecule has 0 aliphatic heterocycles. The first-order valence-corrected chi connectivity index (χ1v) is 13.5. The van der Waals surface area contributed by atoms with Crippen LogP contribution >= 0.6 is 11.6 Å². The molecule has 0 saturated heterocycles. The fourth-order valence-corrected chi connectivity index (χ4v) is 5.42. The molecule has 210 valence electrons. The number of anilines is 1. The van der Waals surface area contributed by atoms with Crippen LogP contribution in [0.2, 0.25) is 5.02 Å². The SMILES string of the molecule is C=C(/C=C/CN)Nc1c(F)cc(C(=O)c2ccc3c(-c4c(C(C)C)cc5c(nc(C)n5C)c4Cl)cccn23)cc1F. The van der Waals surface area contributed by atoms with Gasteiger partial charge in [-0.15, -0.1) is 0 Å². The summed E-state index contributed by atoms with van der Waals surface area (Å²) in [6.45, 7) is 10.1. The van der Waals surface area contributed by atoms with Crippen molar-refractivity contribution < 1.29 is 13.6 Å². The van der Waals surface area contributed by atoms with Crippen LogP contribution in [0.1, 0.15) is 47.2 Å². The third kappa shape index (κ3) is 4.94. The molecule has 0 unspecified atom stereocenters. The highest BCUT2D eigenvalue weighted by Gasteiger charge is 2.23. The van der Waals surface area contributed by atoms with Gasteiger partial charge in [-0.25, -0.2) is 13.8 Å². The van der Waals surface area contributed by atoms with Crippen molar-refractivity contribution in [2.75, 3.05) is 11.9 Å². The molecule has 3 N–H and O–H groups in total. The second kappa shape index (κ2) is 11.0. The predicted molar refractivity (Wildman–Crippen MR) is 162 cm³/mol. The number of nitrogens with zero attached hydrogens (tertiary/aromatic N) is 3. The number of carbonyl (C=O) groups excluding carboxylic acids is 1. The van der Waals surface area contributed by atoms with E-state index in [1.54, 1.807) is 22.7 Å².